The maximum absolute atomic E-state index is 12.2. The van der Waals surface area contributed by atoms with E-state index in [9.17, 15) is 9.59 Å². The molecule has 8 nitrogen and oxygen atoms in total. The third kappa shape index (κ3) is 2.92. The number of nitrogens with one attached hydrogen (secondary N) is 3. The molecule has 1 aliphatic heterocycles. The van der Waals surface area contributed by atoms with E-state index >= 15 is 0 Å². The molecule has 1 aliphatic carbocycles. The summed E-state index contributed by atoms with van der Waals surface area (Å²) in [6.45, 7) is 1.94. The van der Waals surface area contributed by atoms with Crippen LogP contribution in [0.2, 0.25) is 0 Å². The summed E-state index contributed by atoms with van der Waals surface area (Å²) in [7, 11) is 0. The number of hydrogen-bond acceptors (Lipinski definition) is 5. The van der Waals surface area contributed by atoms with Crippen molar-refractivity contribution in [1.29, 1.82) is 0 Å². The van der Waals surface area contributed by atoms with Crippen molar-refractivity contribution in [2.24, 2.45) is 5.92 Å². The van der Waals surface area contributed by atoms with Gasteiger partial charge in [-0.1, -0.05) is 0 Å². The highest BCUT2D eigenvalue weighted by Crippen LogP contribution is 2.31. The molecule has 2 atom stereocenters. The molecule has 0 aromatic carbocycles. The van der Waals surface area contributed by atoms with Gasteiger partial charge in [0, 0.05) is 24.4 Å². The molecule has 2 aromatic heterocycles. The molecule has 2 amide bonds. The molecule has 24 heavy (non-hydrogen) atoms. The highest BCUT2D eigenvalue weighted by molar-refractivity contribution is 5.93. The lowest BCUT2D eigenvalue weighted by molar-refractivity contribution is -0.125. The Morgan fingerprint density at radius 1 is 1.46 bits per heavy atom. The zero-order valence-electron chi connectivity index (χ0n) is 13.3. The number of amides is 2. The van der Waals surface area contributed by atoms with Crippen molar-refractivity contribution in [3.05, 3.63) is 24.5 Å². The molecule has 126 valence electrons. The van der Waals surface area contributed by atoms with Gasteiger partial charge in [-0.25, -0.2) is 4.68 Å². The van der Waals surface area contributed by atoms with Crippen molar-refractivity contribution in [1.82, 2.24) is 20.4 Å². The Labute approximate surface area is 138 Å². The van der Waals surface area contributed by atoms with Crippen molar-refractivity contribution in [3.8, 4) is 11.5 Å². The number of rotatable bonds is 4. The number of furan rings is 1. The lowest BCUT2D eigenvalue weighted by Gasteiger charge is -2.30. The molecule has 3 N–H and O–H groups in total. The van der Waals surface area contributed by atoms with Crippen LogP contribution in [0.15, 0.2) is 28.9 Å². The Bertz CT molecular complexity index is 763. The van der Waals surface area contributed by atoms with Gasteiger partial charge in [-0.3, -0.25) is 14.9 Å². The second kappa shape index (κ2) is 5.79. The van der Waals surface area contributed by atoms with Crippen LogP contribution in [-0.2, 0) is 9.59 Å². The predicted molar refractivity (Wildman–Crippen MR) is 85.7 cm³/mol. The van der Waals surface area contributed by atoms with Crippen molar-refractivity contribution >= 4 is 17.6 Å². The third-order valence-corrected chi connectivity index (χ3v) is 4.19. The van der Waals surface area contributed by atoms with Crippen LogP contribution >= 0.6 is 0 Å². The molecule has 3 heterocycles. The van der Waals surface area contributed by atoms with E-state index in [4.69, 9.17) is 4.42 Å². The first-order valence-corrected chi connectivity index (χ1v) is 8.10. The van der Waals surface area contributed by atoms with Gasteiger partial charge in [0.05, 0.1) is 6.26 Å². The van der Waals surface area contributed by atoms with E-state index in [1.54, 1.807) is 29.1 Å². The van der Waals surface area contributed by atoms with E-state index in [1.165, 1.54) is 0 Å². The topological polar surface area (TPSA) is 101 Å². The van der Waals surface area contributed by atoms with E-state index in [0.717, 1.165) is 12.8 Å². The van der Waals surface area contributed by atoms with Gasteiger partial charge in [0.15, 0.2) is 12.0 Å². The number of hydrogen-bond donors (Lipinski definition) is 3. The van der Waals surface area contributed by atoms with Gasteiger partial charge in [-0.05, 0) is 31.9 Å². The monoisotopic (exact) mass is 329 g/mol. The summed E-state index contributed by atoms with van der Waals surface area (Å²) in [5.74, 6) is 1.14. The fraction of sp³-hybridized carbons (Fsp3) is 0.438. The minimum absolute atomic E-state index is 0.0164. The van der Waals surface area contributed by atoms with Gasteiger partial charge in [0.1, 0.15) is 11.5 Å². The normalized spacial score (nSPS) is 23.8. The van der Waals surface area contributed by atoms with Crippen LogP contribution in [0.3, 0.4) is 0 Å². The summed E-state index contributed by atoms with van der Waals surface area (Å²) in [5.41, 5.74) is 0.598. The summed E-state index contributed by atoms with van der Waals surface area (Å²) < 4.78 is 6.97. The van der Waals surface area contributed by atoms with E-state index in [0.29, 0.717) is 23.7 Å². The fourth-order valence-electron chi connectivity index (χ4n) is 2.79. The molecule has 1 saturated carbocycles. The van der Waals surface area contributed by atoms with Gasteiger partial charge in [0.2, 0.25) is 11.8 Å². The molecule has 8 heteroatoms. The van der Waals surface area contributed by atoms with Crippen molar-refractivity contribution in [2.45, 2.75) is 38.5 Å². The highest BCUT2D eigenvalue weighted by Gasteiger charge is 2.32. The molecule has 2 unspecified atom stereocenters. The van der Waals surface area contributed by atoms with E-state index < -0.39 is 6.29 Å². The number of nitrogens with zero attached hydrogens (tertiary/aromatic N) is 2. The summed E-state index contributed by atoms with van der Waals surface area (Å²) in [6, 6.07) is 5.35. The van der Waals surface area contributed by atoms with E-state index in [-0.39, 0.29) is 23.8 Å². The lowest BCUT2D eigenvalue weighted by Crippen LogP contribution is -2.52. The molecule has 1 saturated heterocycles. The Morgan fingerprint density at radius 2 is 2.29 bits per heavy atom. The minimum atomic E-state index is -0.514. The quantitative estimate of drug-likeness (QED) is 0.788. The third-order valence-electron chi connectivity index (χ3n) is 4.19. The van der Waals surface area contributed by atoms with Gasteiger partial charge < -0.3 is 15.1 Å². The average molecular weight is 329 g/mol. The van der Waals surface area contributed by atoms with Crippen molar-refractivity contribution in [2.75, 3.05) is 5.32 Å². The highest BCUT2D eigenvalue weighted by atomic mass is 16.3. The zero-order valence-corrected chi connectivity index (χ0v) is 13.3. The first kappa shape index (κ1) is 14.9. The van der Waals surface area contributed by atoms with Crippen LogP contribution in [0.4, 0.5) is 5.82 Å². The van der Waals surface area contributed by atoms with E-state index in [2.05, 4.69) is 21.0 Å². The maximum Gasteiger partial charge on any atom is 0.228 e. The molecule has 0 radical (unpaired) electrons. The summed E-state index contributed by atoms with van der Waals surface area (Å²) in [4.78, 5) is 24.0. The van der Waals surface area contributed by atoms with Gasteiger partial charge in [-0.15, -0.1) is 0 Å². The van der Waals surface area contributed by atoms with Crippen LogP contribution in [0, 0.1) is 5.92 Å². The smallest absolute Gasteiger partial charge is 0.228 e. The molecule has 0 bridgehead atoms. The molecule has 2 fully saturated rings. The zero-order chi connectivity index (χ0) is 16.7. The van der Waals surface area contributed by atoms with Gasteiger partial charge >= 0.3 is 0 Å². The van der Waals surface area contributed by atoms with E-state index in [1.807, 2.05) is 6.92 Å². The first-order chi connectivity index (χ1) is 11.6. The lowest BCUT2D eigenvalue weighted by atomic mass is 10.2. The molecule has 2 aliphatic rings. The predicted octanol–water partition coefficient (Wildman–Crippen LogP) is 1.45. The summed E-state index contributed by atoms with van der Waals surface area (Å²) in [6.07, 6.45) is 3.30. The Balaban J connectivity index is 1.67. The molecule has 0 spiro atoms. The maximum atomic E-state index is 12.2. The average Bonchev–Trinajstić information content (AvgIpc) is 3.08. The number of carbonyl (C=O) groups excluding carboxylic acids is 2. The SMILES string of the molecule is CC1CC(=O)NC(n2nc(-c3ccco3)cc2NC(=O)C2CC2)N1. The number of anilines is 1. The van der Waals surface area contributed by atoms with Crippen LogP contribution in [0.1, 0.15) is 32.5 Å². The van der Waals surface area contributed by atoms with Crippen LogP contribution < -0.4 is 16.0 Å². The number of aromatic nitrogens is 2. The summed E-state index contributed by atoms with van der Waals surface area (Å²) >= 11 is 0. The molecular formula is C16H19N5O3. The van der Waals surface area contributed by atoms with Crippen LogP contribution in [-0.4, -0.2) is 27.6 Å². The number of carbonyl (C=O) groups is 2. The summed E-state index contributed by atoms with van der Waals surface area (Å²) in [5, 5.41) is 13.5. The Morgan fingerprint density at radius 3 is 2.96 bits per heavy atom. The minimum Gasteiger partial charge on any atom is -0.463 e. The molecule has 4 rings (SSSR count). The van der Waals surface area contributed by atoms with Gasteiger partial charge in [-0.2, -0.15) is 5.10 Å². The Kier molecular flexibility index (Phi) is 3.61. The fourth-order valence-corrected chi connectivity index (χ4v) is 2.79. The second-order valence-electron chi connectivity index (χ2n) is 6.34. The van der Waals surface area contributed by atoms with Gasteiger partial charge in [0.25, 0.3) is 0 Å². The van der Waals surface area contributed by atoms with Crippen molar-refractivity contribution < 1.29 is 14.0 Å². The largest absolute Gasteiger partial charge is 0.463 e. The second-order valence-corrected chi connectivity index (χ2v) is 6.34. The Hall–Kier alpha value is -2.61. The molecular weight excluding hydrogens is 310 g/mol. The van der Waals surface area contributed by atoms with Crippen LogP contribution in [0.5, 0.6) is 0 Å². The van der Waals surface area contributed by atoms with Crippen molar-refractivity contribution in [3.63, 3.8) is 0 Å². The standard InChI is InChI=1S/C16H19N5O3/c1-9-7-14(22)19-16(17-9)21-13(18-15(23)10-4-5-10)8-11(20-21)12-3-2-6-24-12/h2-3,6,8-10,16-17H,4-5,7H2,1H3,(H,18,23)(H,19,22). The first-order valence-electron chi connectivity index (χ1n) is 8.10. The molecule has 2 aromatic rings. The van der Waals surface area contributed by atoms with Crippen LogP contribution in [0.25, 0.3) is 11.5 Å².